The van der Waals surface area contributed by atoms with E-state index in [0.717, 1.165) is 0 Å². The maximum atomic E-state index is 12.2. The maximum Gasteiger partial charge on any atom is 0.129 e. The number of benzene rings is 1. The van der Waals surface area contributed by atoms with Crippen molar-refractivity contribution >= 4 is 13.5 Å². The smallest absolute Gasteiger partial charge is 0.129 e. The fourth-order valence-electron chi connectivity index (χ4n) is 2.18. The third-order valence-electron chi connectivity index (χ3n) is 3.24. The summed E-state index contributed by atoms with van der Waals surface area (Å²) in [5.74, 6) is 0. The van der Waals surface area contributed by atoms with Gasteiger partial charge < -0.3 is 4.79 Å². The van der Waals surface area contributed by atoms with Crippen LogP contribution in [0.3, 0.4) is 0 Å². The van der Waals surface area contributed by atoms with Gasteiger partial charge in [0.1, 0.15) is 13.5 Å². The Kier molecular flexibility index (Phi) is 2.76. The van der Waals surface area contributed by atoms with Crippen molar-refractivity contribution in [3.8, 4) is 0 Å². The molecule has 0 saturated carbocycles. The van der Waals surface area contributed by atoms with E-state index in [-0.39, 0.29) is 6.04 Å². The van der Waals surface area contributed by atoms with Gasteiger partial charge in [-0.2, -0.15) is 0 Å². The van der Waals surface area contributed by atoms with E-state index in [0.29, 0.717) is 11.4 Å². The van der Waals surface area contributed by atoms with Crippen LogP contribution in [0.2, 0.25) is 19.6 Å². The molecule has 3 heteroatoms. The van der Waals surface area contributed by atoms with Crippen LogP contribution in [0.15, 0.2) is 30.3 Å². The normalized spacial score (nSPS) is 28.9. The third kappa shape index (κ3) is 1.97. The van der Waals surface area contributed by atoms with Gasteiger partial charge >= 0.3 is 0 Å². The molecule has 0 N–H and O–H groups in total. The summed E-state index contributed by atoms with van der Waals surface area (Å²) in [7, 11) is 0.384. The van der Waals surface area contributed by atoms with Crippen LogP contribution >= 0.6 is 0 Å². The molecule has 0 aliphatic carbocycles. The van der Waals surface area contributed by atoms with Gasteiger partial charge in [-0.25, -0.2) is 0 Å². The second kappa shape index (κ2) is 3.82. The number of nitrogens with zero attached hydrogens (tertiary/aromatic N) is 1. The van der Waals surface area contributed by atoms with Crippen LogP contribution in [0, 0.1) is 0 Å². The van der Waals surface area contributed by atoms with E-state index in [1.54, 1.807) is 0 Å². The van der Waals surface area contributed by atoms with Crippen molar-refractivity contribution in [1.82, 2.24) is 4.90 Å². The number of hydrogen-bond acceptors (Lipinski definition) is 2. The number of carbonyl (C=O) groups excluding carboxylic acids is 1. The van der Waals surface area contributed by atoms with E-state index in [2.05, 4.69) is 36.7 Å². The van der Waals surface area contributed by atoms with E-state index in [9.17, 15) is 4.79 Å². The predicted octanol–water partition coefficient (Wildman–Crippen LogP) is 2.49. The molecule has 0 bridgehead atoms. The van der Waals surface area contributed by atoms with Gasteiger partial charge in [0.25, 0.3) is 0 Å². The Morgan fingerprint density at radius 1 is 1.19 bits per heavy atom. The maximum absolute atomic E-state index is 12.2. The van der Waals surface area contributed by atoms with Gasteiger partial charge in [0.15, 0.2) is 0 Å². The molecule has 1 fully saturated rings. The summed E-state index contributed by atoms with van der Waals surface area (Å²) in [6.45, 7) is 6.39. The number of hydrogen-bond donors (Lipinski definition) is 0. The van der Waals surface area contributed by atoms with Crippen LogP contribution in [-0.4, -0.2) is 31.5 Å². The summed E-state index contributed by atoms with van der Waals surface area (Å²) in [5, 5.41) is 0.476. The molecule has 86 valence electrons. The van der Waals surface area contributed by atoms with Gasteiger partial charge in [-0.05, 0) is 12.6 Å². The zero-order valence-corrected chi connectivity index (χ0v) is 11.4. The van der Waals surface area contributed by atoms with Crippen molar-refractivity contribution in [1.29, 1.82) is 0 Å². The van der Waals surface area contributed by atoms with Crippen molar-refractivity contribution in [3.05, 3.63) is 35.9 Å². The highest BCUT2D eigenvalue weighted by Crippen LogP contribution is 2.42. The molecule has 0 aromatic heterocycles. The van der Waals surface area contributed by atoms with Gasteiger partial charge in [-0.3, -0.25) is 4.90 Å². The Labute approximate surface area is 98.3 Å². The number of rotatable bonds is 3. The lowest BCUT2D eigenvalue weighted by Gasteiger charge is -2.13. The summed E-state index contributed by atoms with van der Waals surface area (Å²) >= 11 is 0. The molecule has 1 heterocycles. The molecular weight excluding hydrogens is 214 g/mol. The second-order valence-electron chi connectivity index (χ2n) is 5.58. The molecule has 0 amide bonds. The quantitative estimate of drug-likeness (QED) is 0.590. The number of likely N-dealkylation sites (N-methyl/N-ethyl adjacent to an activating group) is 1. The van der Waals surface area contributed by atoms with Crippen molar-refractivity contribution < 1.29 is 4.79 Å². The molecule has 3 atom stereocenters. The van der Waals surface area contributed by atoms with Crippen LogP contribution in [0.4, 0.5) is 0 Å². The van der Waals surface area contributed by atoms with E-state index >= 15 is 0 Å². The average Bonchev–Trinajstić information content (AvgIpc) is 2.88. The molecule has 2 nitrogen and oxygen atoms in total. The SMILES string of the molecule is CN1[C@H](C(=O)[Si](C)(C)C)[C@H]1c1ccccc1. The molecule has 0 spiro atoms. The largest absolute Gasteiger partial charge is 0.304 e. The summed E-state index contributed by atoms with van der Waals surface area (Å²) in [6, 6.07) is 10.8. The van der Waals surface area contributed by atoms with Crippen LogP contribution in [-0.2, 0) is 4.79 Å². The lowest BCUT2D eigenvalue weighted by atomic mass is 10.1. The highest BCUT2D eigenvalue weighted by Gasteiger charge is 2.52. The molecule has 1 saturated heterocycles. The van der Waals surface area contributed by atoms with Gasteiger partial charge in [-0.15, -0.1) is 0 Å². The van der Waals surface area contributed by atoms with Crippen LogP contribution in [0.25, 0.3) is 0 Å². The minimum Gasteiger partial charge on any atom is -0.304 e. The first-order valence-electron chi connectivity index (χ1n) is 5.74. The topological polar surface area (TPSA) is 20.1 Å². The Hall–Kier alpha value is -0.933. The Balaban J connectivity index is 2.16. The van der Waals surface area contributed by atoms with Crippen LogP contribution < -0.4 is 0 Å². The molecule has 2 rings (SSSR count). The Morgan fingerprint density at radius 3 is 2.25 bits per heavy atom. The summed E-state index contributed by atoms with van der Waals surface area (Å²) in [5.41, 5.74) is 1.27. The van der Waals surface area contributed by atoms with Crippen molar-refractivity contribution in [2.45, 2.75) is 31.7 Å². The van der Waals surface area contributed by atoms with Gasteiger partial charge in [0, 0.05) is 0 Å². The van der Waals surface area contributed by atoms with Crippen LogP contribution in [0.5, 0.6) is 0 Å². The van der Waals surface area contributed by atoms with E-state index in [4.69, 9.17) is 0 Å². The molecule has 0 radical (unpaired) electrons. The molecule has 1 aromatic carbocycles. The summed E-state index contributed by atoms with van der Waals surface area (Å²) in [4.78, 5) is 14.4. The summed E-state index contributed by atoms with van der Waals surface area (Å²) in [6.07, 6.45) is 0. The zero-order chi connectivity index (χ0) is 11.9. The molecule has 1 aliphatic rings. The average molecular weight is 233 g/mol. The Morgan fingerprint density at radius 2 is 1.75 bits per heavy atom. The number of carbonyl (C=O) groups is 1. The van der Waals surface area contributed by atoms with Gasteiger partial charge in [-0.1, -0.05) is 50.0 Å². The minimum absolute atomic E-state index is 0.133. The lowest BCUT2D eigenvalue weighted by molar-refractivity contribution is -0.112. The second-order valence-corrected chi connectivity index (χ2v) is 10.6. The first-order valence-corrected chi connectivity index (χ1v) is 9.24. The molecule has 1 unspecified atom stereocenters. The molecule has 1 aromatic rings. The fourth-order valence-corrected chi connectivity index (χ4v) is 3.43. The van der Waals surface area contributed by atoms with E-state index in [1.165, 1.54) is 5.56 Å². The monoisotopic (exact) mass is 233 g/mol. The first kappa shape index (κ1) is 11.5. The molecule has 16 heavy (non-hydrogen) atoms. The standard InChI is InChI=1S/C13H19NOSi/c1-14-11(10-8-6-5-7-9-10)12(14)13(15)16(2,3)4/h5-9,11-12H,1-4H3/t11-,12+,14?/m1/s1. The van der Waals surface area contributed by atoms with Gasteiger partial charge in [0.2, 0.25) is 0 Å². The minimum atomic E-state index is -1.66. The lowest BCUT2D eigenvalue weighted by Crippen LogP contribution is -2.38. The zero-order valence-electron chi connectivity index (χ0n) is 10.4. The summed E-state index contributed by atoms with van der Waals surface area (Å²) < 4.78 is 0. The highest BCUT2D eigenvalue weighted by molar-refractivity contribution is 7.04. The Bertz CT molecular complexity index is 396. The highest BCUT2D eigenvalue weighted by atomic mass is 28.3. The van der Waals surface area contributed by atoms with E-state index < -0.39 is 8.07 Å². The van der Waals surface area contributed by atoms with Crippen LogP contribution in [0.1, 0.15) is 11.6 Å². The predicted molar refractivity (Wildman–Crippen MR) is 69.1 cm³/mol. The molecule has 1 aliphatic heterocycles. The van der Waals surface area contributed by atoms with Crippen molar-refractivity contribution in [3.63, 3.8) is 0 Å². The van der Waals surface area contributed by atoms with Crippen molar-refractivity contribution in [2.24, 2.45) is 0 Å². The van der Waals surface area contributed by atoms with Gasteiger partial charge in [0.05, 0.1) is 12.1 Å². The third-order valence-corrected chi connectivity index (χ3v) is 5.01. The molecular formula is C13H19NOSi. The first-order chi connectivity index (χ1) is 7.43. The van der Waals surface area contributed by atoms with Crippen molar-refractivity contribution in [2.75, 3.05) is 7.05 Å². The van der Waals surface area contributed by atoms with E-state index in [1.807, 2.05) is 25.2 Å². The fraction of sp³-hybridized carbons (Fsp3) is 0.462.